The van der Waals surface area contributed by atoms with Gasteiger partial charge in [-0.3, -0.25) is 0 Å². The van der Waals surface area contributed by atoms with Crippen LogP contribution in [0.4, 0.5) is 0 Å². The monoisotopic (exact) mass is 627 g/mol. The third-order valence-electron chi connectivity index (χ3n) is 9.00. The lowest BCUT2D eigenvalue weighted by atomic mass is 9.97. The first-order valence-electron chi connectivity index (χ1n) is 16.5. The molecule has 0 atom stereocenters. The van der Waals surface area contributed by atoms with E-state index in [2.05, 4.69) is 152 Å². The Hall–Kier alpha value is -6.45. The molecule has 0 aliphatic rings. The highest BCUT2D eigenvalue weighted by atomic mass is 15.0. The second-order valence-electron chi connectivity index (χ2n) is 12.1. The molecule has 1 heterocycles. The van der Waals surface area contributed by atoms with Crippen molar-refractivity contribution in [2.24, 2.45) is 0 Å². The predicted octanol–water partition coefficient (Wildman–Crippen LogP) is 10.0. The number of nitrogens with zero attached hydrogens (tertiary/aromatic N) is 3. The van der Waals surface area contributed by atoms with Crippen LogP contribution in [0.5, 0.6) is 0 Å². The standard InChI is InChI=1S/C46H33N3/c1-3-12-43(38-18-7-4-13-31(38)2)46-48-44(36-27-23-34(24-28-36)41-21-10-16-32-14-5-8-19-39(32)41)47-45(49-46)37-29-25-35(26-30-37)42-22-11-17-33-15-6-9-20-40(33)42/h3-30H,2H2,1H3/b12-3-,43-38+. The molecule has 0 amide bonds. The van der Waals surface area contributed by atoms with Crippen molar-refractivity contribution in [2.75, 3.05) is 0 Å². The minimum absolute atomic E-state index is 0.602. The highest BCUT2D eigenvalue weighted by molar-refractivity contribution is 5.97. The van der Waals surface area contributed by atoms with Crippen molar-refractivity contribution >= 4 is 33.7 Å². The molecule has 232 valence electrons. The van der Waals surface area contributed by atoms with Crippen LogP contribution in [0.25, 0.3) is 78.7 Å². The van der Waals surface area contributed by atoms with Crippen LogP contribution < -0.4 is 10.4 Å². The van der Waals surface area contributed by atoms with Gasteiger partial charge in [-0.15, -0.1) is 0 Å². The molecule has 3 nitrogen and oxygen atoms in total. The van der Waals surface area contributed by atoms with Crippen molar-refractivity contribution in [3.8, 4) is 45.0 Å². The maximum atomic E-state index is 5.08. The summed E-state index contributed by atoms with van der Waals surface area (Å²) in [5, 5.41) is 6.80. The fourth-order valence-electron chi connectivity index (χ4n) is 6.54. The van der Waals surface area contributed by atoms with Crippen LogP contribution in [0.2, 0.25) is 0 Å². The maximum absolute atomic E-state index is 5.08. The lowest BCUT2D eigenvalue weighted by molar-refractivity contribution is 1.03. The Balaban J connectivity index is 1.26. The molecule has 1 aromatic heterocycles. The molecule has 0 spiro atoms. The van der Waals surface area contributed by atoms with Gasteiger partial charge in [-0.2, -0.15) is 0 Å². The van der Waals surface area contributed by atoms with E-state index in [0.29, 0.717) is 17.5 Å². The quantitative estimate of drug-likeness (QED) is 0.184. The van der Waals surface area contributed by atoms with E-state index in [0.717, 1.165) is 38.3 Å². The summed E-state index contributed by atoms with van der Waals surface area (Å²) >= 11 is 0. The second-order valence-corrected chi connectivity index (χ2v) is 12.1. The smallest absolute Gasteiger partial charge is 0.164 e. The Morgan fingerprint density at radius 3 is 1.43 bits per heavy atom. The van der Waals surface area contributed by atoms with Gasteiger partial charge in [-0.05, 0) is 61.2 Å². The highest BCUT2D eigenvalue weighted by Crippen LogP contribution is 2.32. The Kier molecular flexibility index (Phi) is 7.93. The van der Waals surface area contributed by atoms with E-state index < -0.39 is 0 Å². The van der Waals surface area contributed by atoms with E-state index in [1.807, 2.05) is 31.2 Å². The molecule has 0 aliphatic heterocycles. The predicted molar refractivity (Wildman–Crippen MR) is 205 cm³/mol. The molecule has 0 saturated heterocycles. The molecule has 49 heavy (non-hydrogen) atoms. The molecule has 0 unspecified atom stereocenters. The average Bonchev–Trinajstić information content (AvgIpc) is 3.17. The average molecular weight is 628 g/mol. The van der Waals surface area contributed by atoms with Crippen molar-refractivity contribution in [2.45, 2.75) is 6.92 Å². The van der Waals surface area contributed by atoms with Gasteiger partial charge in [-0.1, -0.05) is 176 Å². The normalized spacial score (nSPS) is 12.1. The Morgan fingerprint density at radius 2 is 0.918 bits per heavy atom. The first kappa shape index (κ1) is 29.9. The van der Waals surface area contributed by atoms with E-state index >= 15 is 0 Å². The largest absolute Gasteiger partial charge is 0.208 e. The lowest BCUT2D eigenvalue weighted by Crippen LogP contribution is -2.25. The topological polar surface area (TPSA) is 38.7 Å². The van der Waals surface area contributed by atoms with Crippen molar-refractivity contribution in [3.05, 3.63) is 186 Å². The number of hydrogen-bond donors (Lipinski definition) is 0. The fourth-order valence-corrected chi connectivity index (χ4v) is 6.54. The summed E-state index contributed by atoms with van der Waals surface area (Å²) in [7, 11) is 0. The summed E-state index contributed by atoms with van der Waals surface area (Å²) in [6.45, 7) is 6.31. The van der Waals surface area contributed by atoms with Crippen molar-refractivity contribution in [3.63, 3.8) is 0 Å². The van der Waals surface area contributed by atoms with Gasteiger partial charge in [0.1, 0.15) is 0 Å². The Morgan fingerprint density at radius 1 is 0.469 bits per heavy atom. The summed E-state index contributed by atoms with van der Waals surface area (Å²) in [6, 6.07) is 55.0. The van der Waals surface area contributed by atoms with Crippen LogP contribution in [0.15, 0.2) is 170 Å². The molecular formula is C46H33N3. The first-order valence-corrected chi connectivity index (χ1v) is 16.5. The van der Waals surface area contributed by atoms with Gasteiger partial charge in [0.05, 0.1) is 0 Å². The van der Waals surface area contributed by atoms with E-state index in [-0.39, 0.29) is 0 Å². The van der Waals surface area contributed by atoms with Gasteiger partial charge >= 0.3 is 0 Å². The highest BCUT2D eigenvalue weighted by Gasteiger charge is 2.15. The van der Waals surface area contributed by atoms with Crippen LogP contribution in [-0.2, 0) is 0 Å². The molecule has 0 aliphatic carbocycles. The molecule has 3 heteroatoms. The van der Waals surface area contributed by atoms with Crippen LogP contribution in [0.1, 0.15) is 12.7 Å². The molecule has 0 radical (unpaired) electrons. The minimum atomic E-state index is 0.602. The zero-order chi connectivity index (χ0) is 33.2. The molecule has 0 N–H and O–H groups in total. The second kappa shape index (κ2) is 13.0. The molecular weight excluding hydrogens is 595 g/mol. The number of aromatic nitrogens is 3. The van der Waals surface area contributed by atoms with Gasteiger partial charge < -0.3 is 0 Å². The van der Waals surface area contributed by atoms with Gasteiger partial charge in [0.25, 0.3) is 0 Å². The van der Waals surface area contributed by atoms with Crippen LogP contribution in [0.3, 0.4) is 0 Å². The van der Waals surface area contributed by atoms with Crippen LogP contribution >= 0.6 is 0 Å². The molecule has 0 bridgehead atoms. The summed E-state index contributed by atoms with van der Waals surface area (Å²) in [4.78, 5) is 15.2. The van der Waals surface area contributed by atoms with E-state index in [1.165, 1.54) is 32.7 Å². The number of allylic oxidation sites excluding steroid dienone is 2. The van der Waals surface area contributed by atoms with Gasteiger partial charge in [-0.25, -0.2) is 15.0 Å². The van der Waals surface area contributed by atoms with Gasteiger partial charge in [0, 0.05) is 16.7 Å². The van der Waals surface area contributed by atoms with Gasteiger partial charge in [0.2, 0.25) is 0 Å². The fraction of sp³-hybridized carbons (Fsp3) is 0.0217. The van der Waals surface area contributed by atoms with E-state index in [9.17, 15) is 0 Å². The van der Waals surface area contributed by atoms with Crippen molar-refractivity contribution in [1.29, 1.82) is 0 Å². The lowest BCUT2D eigenvalue weighted by Gasteiger charge is -2.11. The molecule has 8 aromatic rings. The van der Waals surface area contributed by atoms with Gasteiger partial charge in [0.15, 0.2) is 17.5 Å². The molecule has 0 saturated carbocycles. The summed E-state index contributed by atoms with van der Waals surface area (Å²) < 4.78 is 0. The SMILES string of the molecule is C=c1cccc/c1=C(/C=C\C)c1nc(-c2ccc(-c3cccc4ccccc34)cc2)nc(-c2ccc(-c3cccc4ccccc34)cc2)n1. The molecule has 8 rings (SSSR count). The third kappa shape index (κ3) is 5.83. The number of rotatable bonds is 6. The van der Waals surface area contributed by atoms with Crippen molar-refractivity contribution < 1.29 is 0 Å². The van der Waals surface area contributed by atoms with E-state index in [1.54, 1.807) is 0 Å². The maximum Gasteiger partial charge on any atom is 0.164 e. The number of hydrogen-bond acceptors (Lipinski definition) is 3. The Labute approximate surface area is 285 Å². The van der Waals surface area contributed by atoms with Crippen LogP contribution in [-0.4, -0.2) is 15.0 Å². The number of fused-ring (bicyclic) bond motifs is 2. The minimum Gasteiger partial charge on any atom is -0.208 e. The summed E-state index contributed by atoms with van der Waals surface area (Å²) in [6.07, 6.45) is 4.07. The Bertz CT molecular complexity index is 2470. The molecule has 7 aromatic carbocycles. The number of benzene rings is 7. The third-order valence-corrected chi connectivity index (χ3v) is 9.00. The molecule has 0 fully saturated rings. The zero-order valence-electron chi connectivity index (χ0n) is 27.2. The summed E-state index contributed by atoms with van der Waals surface area (Å²) in [5.74, 6) is 1.84. The van der Waals surface area contributed by atoms with E-state index in [4.69, 9.17) is 15.0 Å². The van der Waals surface area contributed by atoms with Crippen LogP contribution in [0, 0.1) is 0 Å². The van der Waals surface area contributed by atoms with Crippen molar-refractivity contribution in [1.82, 2.24) is 15.0 Å². The first-order chi connectivity index (χ1) is 24.2. The zero-order valence-corrected chi connectivity index (χ0v) is 27.2. The summed E-state index contributed by atoms with van der Waals surface area (Å²) in [5.41, 5.74) is 7.43.